The molecule has 0 fully saturated rings. The highest BCUT2D eigenvalue weighted by atomic mass is 79.9. The standard InChI is InChI=1S/C14H18BrN3/c1-4-7-16-14-17-11(3)9-18(14)13-6-5-12(15)8-10(13)2/h5-6,8-9H,4,7H2,1-3H3,(H,16,17). The van der Waals surface area contributed by atoms with Crippen molar-refractivity contribution in [1.82, 2.24) is 9.55 Å². The van der Waals surface area contributed by atoms with Gasteiger partial charge in [-0.1, -0.05) is 22.9 Å². The summed E-state index contributed by atoms with van der Waals surface area (Å²) in [4.78, 5) is 4.53. The van der Waals surface area contributed by atoms with E-state index in [1.807, 2.05) is 6.92 Å². The van der Waals surface area contributed by atoms with Crippen molar-refractivity contribution in [3.63, 3.8) is 0 Å². The molecule has 0 saturated carbocycles. The zero-order valence-corrected chi connectivity index (χ0v) is 12.6. The third-order valence-corrected chi connectivity index (χ3v) is 3.27. The quantitative estimate of drug-likeness (QED) is 0.922. The Labute approximate surface area is 116 Å². The first-order valence-corrected chi connectivity index (χ1v) is 6.97. The summed E-state index contributed by atoms with van der Waals surface area (Å²) in [5.74, 6) is 0.916. The SMILES string of the molecule is CCCNc1nc(C)cn1-c1ccc(Br)cc1C. The van der Waals surface area contributed by atoms with Gasteiger partial charge in [-0.25, -0.2) is 4.98 Å². The van der Waals surface area contributed by atoms with E-state index in [9.17, 15) is 0 Å². The zero-order chi connectivity index (χ0) is 13.1. The van der Waals surface area contributed by atoms with E-state index in [0.29, 0.717) is 0 Å². The topological polar surface area (TPSA) is 29.9 Å². The van der Waals surface area contributed by atoms with Crippen molar-refractivity contribution in [3.05, 3.63) is 40.1 Å². The summed E-state index contributed by atoms with van der Waals surface area (Å²) in [7, 11) is 0. The van der Waals surface area contributed by atoms with Gasteiger partial charge in [0.1, 0.15) is 0 Å². The van der Waals surface area contributed by atoms with Gasteiger partial charge < -0.3 is 5.32 Å². The Morgan fingerprint density at radius 3 is 2.78 bits per heavy atom. The van der Waals surface area contributed by atoms with Crippen molar-refractivity contribution in [2.75, 3.05) is 11.9 Å². The van der Waals surface area contributed by atoms with Crippen LogP contribution in [0.25, 0.3) is 5.69 Å². The van der Waals surface area contributed by atoms with Gasteiger partial charge in [-0.2, -0.15) is 0 Å². The molecule has 0 atom stereocenters. The molecule has 0 aliphatic heterocycles. The number of anilines is 1. The summed E-state index contributed by atoms with van der Waals surface area (Å²) >= 11 is 3.49. The normalized spacial score (nSPS) is 10.7. The Kier molecular flexibility index (Phi) is 4.07. The molecule has 1 aromatic carbocycles. The molecule has 0 aliphatic carbocycles. The number of nitrogens with zero attached hydrogens (tertiary/aromatic N) is 2. The van der Waals surface area contributed by atoms with E-state index in [-0.39, 0.29) is 0 Å². The third kappa shape index (κ3) is 2.75. The first-order chi connectivity index (χ1) is 8.61. The van der Waals surface area contributed by atoms with Crippen LogP contribution in [0, 0.1) is 13.8 Å². The van der Waals surface area contributed by atoms with E-state index in [4.69, 9.17) is 0 Å². The van der Waals surface area contributed by atoms with Gasteiger partial charge in [0.15, 0.2) is 0 Å². The Morgan fingerprint density at radius 1 is 1.33 bits per heavy atom. The maximum Gasteiger partial charge on any atom is 0.207 e. The summed E-state index contributed by atoms with van der Waals surface area (Å²) in [6.07, 6.45) is 3.15. The van der Waals surface area contributed by atoms with Gasteiger partial charge in [-0.05, 0) is 44.0 Å². The average molecular weight is 308 g/mol. The molecular formula is C14H18BrN3. The van der Waals surface area contributed by atoms with Gasteiger partial charge in [-0.15, -0.1) is 0 Å². The highest BCUT2D eigenvalue weighted by Crippen LogP contribution is 2.23. The summed E-state index contributed by atoms with van der Waals surface area (Å²) in [6.45, 7) is 7.21. The average Bonchev–Trinajstić information content (AvgIpc) is 2.67. The fraction of sp³-hybridized carbons (Fsp3) is 0.357. The zero-order valence-electron chi connectivity index (χ0n) is 11.0. The van der Waals surface area contributed by atoms with Crippen molar-refractivity contribution in [3.8, 4) is 5.69 Å². The molecule has 0 unspecified atom stereocenters. The molecule has 0 aliphatic rings. The van der Waals surface area contributed by atoms with Crippen LogP contribution in [0.2, 0.25) is 0 Å². The van der Waals surface area contributed by atoms with Crippen LogP contribution >= 0.6 is 15.9 Å². The van der Waals surface area contributed by atoms with Crippen molar-refractivity contribution < 1.29 is 0 Å². The van der Waals surface area contributed by atoms with Crippen molar-refractivity contribution in [2.24, 2.45) is 0 Å². The van der Waals surface area contributed by atoms with Gasteiger partial charge in [-0.3, -0.25) is 4.57 Å². The van der Waals surface area contributed by atoms with E-state index >= 15 is 0 Å². The van der Waals surface area contributed by atoms with Crippen LogP contribution in [0.3, 0.4) is 0 Å². The molecule has 3 nitrogen and oxygen atoms in total. The smallest absolute Gasteiger partial charge is 0.207 e. The number of rotatable bonds is 4. The number of hydrogen-bond acceptors (Lipinski definition) is 2. The molecular weight excluding hydrogens is 290 g/mol. The number of aryl methyl sites for hydroxylation is 2. The third-order valence-electron chi connectivity index (χ3n) is 2.78. The van der Waals surface area contributed by atoms with E-state index in [1.54, 1.807) is 0 Å². The number of halogens is 1. The van der Waals surface area contributed by atoms with Crippen LogP contribution < -0.4 is 5.32 Å². The van der Waals surface area contributed by atoms with Gasteiger partial charge in [0, 0.05) is 17.2 Å². The molecule has 2 rings (SSSR count). The number of benzene rings is 1. The van der Waals surface area contributed by atoms with E-state index in [1.165, 1.54) is 5.56 Å². The fourth-order valence-electron chi connectivity index (χ4n) is 1.93. The molecule has 1 N–H and O–H groups in total. The first kappa shape index (κ1) is 13.1. The highest BCUT2D eigenvalue weighted by molar-refractivity contribution is 9.10. The van der Waals surface area contributed by atoms with Crippen LogP contribution in [0.15, 0.2) is 28.9 Å². The van der Waals surface area contributed by atoms with Crippen LogP contribution in [0.5, 0.6) is 0 Å². The van der Waals surface area contributed by atoms with E-state index in [0.717, 1.165) is 34.8 Å². The van der Waals surface area contributed by atoms with Crippen LogP contribution in [0.4, 0.5) is 5.95 Å². The van der Waals surface area contributed by atoms with Crippen molar-refractivity contribution in [2.45, 2.75) is 27.2 Å². The van der Waals surface area contributed by atoms with Crippen LogP contribution in [-0.2, 0) is 0 Å². The second kappa shape index (κ2) is 5.57. The molecule has 2 aromatic rings. The van der Waals surface area contributed by atoms with Gasteiger partial charge in [0.25, 0.3) is 0 Å². The molecule has 0 amide bonds. The van der Waals surface area contributed by atoms with Crippen LogP contribution in [0.1, 0.15) is 24.6 Å². The number of aromatic nitrogens is 2. The number of nitrogens with one attached hydrogen (secondary N) is 1. The second-order valence-corrected chi connectivity index (χ2v) is 5.35. The summed E-state index contributed by atoms with van der Waals surface area (Å²) in [6, 6.07) is 6.28. The summed E-state index contributed by atoms with van der Waals surface area (Å²) in [5.41, 5.74) is 3.41. The molecule has 0 spiro atoms. The van der Waals surface area contributed by atoms with E-state index < -0.39 is 0 Å². The highest BCUT2D eigenvalue weighted by Gasteiger charge is 2.09. The summed E-state index contributed by atoms with van der Waals surface area (Å²) in [5, 5.41) is 3.36. The molecule has 4 heteroatoms. The van der Waals surface area contributed by atoms with Gasteiger partial charge in [0.05, 0.1) is 11.4 Å². The minimum absolute atomic E-state index is 0.916. The minimum Gasteiger partial charge on any atom is -0.355 e. The largest absolute Gasteiger partial charge is 0.355 e. The fourth-order valence-corrected chi connectivity index (χ4v) is 2.41. The monoisotopic (exact) mass is 307 g/mol. The second-order valence-electron chi connectivity index (χ2n) is 4.43. The summed E-state index contributed by atoms with van der Waals surface area (Å²) < 4.78 is 3.22. The maximum atomic E-state index is 4.53. The number of imidazole rings is 1. The molecule has 1 heterocycles. The van der Waals surface area contributed by atoms with E-state index in [2.05, 4.69) is 69.0 Å². The molecule has 0 radical (unpaired) electrons. The molecule has 1 aromatic heterocycles. The Bertz CT molecular complexity index is 546. The molecule has 18 heavy (non-hydrogen) atoms. The van der Waals surface area contributed by atoms with Crippen molar-refractivity contribution in [1.29, 1.82) is 0 Å². The molecule has 0 bridgehead atoms. The Hall–Kier alpha value is -1.29. The Balaban J connectivity index is 2.42. The lowest BCUT2D eigenvalue weighted by atomic mass is 10.2. The first-order valence-electron chi connectivity index (χ1n) is 6.18. The van der Waals surface area contributed by atoms with Gasteiger partial charge in [0.2, 0.25) is 5.95 Å². The molecule has 96 valence electrons. The maximum absolute atomic E-state index is 4.53. The van der Waals surface area contributed by atoms with Crippen molar-refractivity contribution >= 4 is 21.9 Å². The predicted molar refractivity (Wildman–Crippen MR) is 79.5 cm³/mol. The minimum atomic E-state index is 0.916. The molecule has 0 saturated heterocycles. The lowest BCUT2D eigenvalue weighted by molar-refractivity contribution is 0.934. The predicted octanol–water partition coefficient (Wildman–Crippen LogP) is 4.07. The lowest BCUT2D eigenvalue weighted by Gasteiger charge is -2.11. The van der Waals surface area contributed by atoms with Gasteiger partial charge >= 0.3 is 0 Å². The van der Waals surface area contributed by atoms with Crippen LogP contribution in [-0.4, -0.2) is 16.1 Å². The number of hydrogen-bond donors (Lipinski definition) is 1. The Morgan fingerprint density at radius 2 is 2.11 bits per heavy atom. The lowest BCUT2D eigenvalue weighted by Crippen LogP contribution is -2.07.